The van der Waals surface area contributed by atoms with Crippen LogP contribution in [0.5, 0.6) is 0 Å². The molecule has 11 nitrogen and oxygen atoms in total. The van der Waals surface area contributed by atoms with Crippen LogP contribution in [0.4, 0.5) is 21.2 Å². The van der Waals surface area contributed by atoms with Gasteiger partial charge in [0.05, 0.1) is 31.5 Å². The summed E-state index contributed by atoms with van der Waals surface area (Å²) in [6, 6.07) is 21.8. The van der Waals surface area contributed by atoms with Crippen molar-refractivity contribution in [1.29, 1.82) is 0 Å². The van der Waals surface area contributed by atoms with Crippen LogP contribution in [0.25, 0.3) is 0 Å². The van der Waals surface area contributed by atoms with Gasteiger partial charge in [-0.05, 0) is 97.7 Å². The molecule has 1 aliphatic heterocycles. The molecule has 3 aromatic carbocycles. The Labute approximate surface area is 308 Å². The van der Waals surface area contributed by atoms with E-state index in [-0.39, 0.29) is 23.8 Å². The molecule has 52 heavy (non-hydrogen) atoms. The number of morpholine rings is 1. The summed E-state index contributed by atoms with van der Waals surface area (Å²) in [6.07, 6.45) is 5.29. The maximum atomic E-state index is 13.8. The Balaban J connectivity index is 1.07. The van der Waals surface area contributed by atoms with E-state index in [1.54, 1.807) is 48.3 Å². The van der Waals surface area contributed by atoms with Gasteiger partial charge in [-0.25, -0.2) is 9.59 Å². The molecule has 0 unspecified atom stereocenters. The highest BCUT2D eigenvalue weighted by atomic mass is 32.1. The number of urea groups is 1. The average molecular weight is 724 g/mol. The monoisotopic (exact) mass is 723 g/mol. The number of fused-ring (bicyclic) bond motifs is 1. The fraction of sp³-hybridized carbons (Fsp3) is 0.350. The number of anilines is 3. The summed E-state index contributed by atoms with van der Waals surface area (Å²) < 4.78 is 10.2. The maximum Gasteiger partial charge on any atom is 0.337 e. The van der Waals surface area contributed by atoms with Gasteiger partial charge in [0.1, 0.15) is 5.00 Å². The van der Waals surface area contributed by atoms with Crippen molar-refractivity contribution in [3.05, 3.63) is 111 Å². The smallest absolute Gasteiger partial charge is 0.337 e. The lowest BCUT2D eigenvalue weighted by Gasteiger charge is -2.28. The minimum atomic E-state index is -0.354. The third-order valence-corrected chi connectivity index (χ3v) is 10.7. The first-order valence-electron chi connectivity index (χ1n) is 17.7. The quantitative estimate of drug-likeness (QED) is 0.142. The van der Waals surface area contributed by atoms with E-state index in [4.69, 9.17) is 9.47 Å². The van der Waals surface area contributed by atoms with Crippen molar-refractivity contribution in [2.75, 3.05) is 69.5 Å². The highest BCUT2D eigenvalue weighted by molar-refractivity contribution is 7.17. The first kappa shape index (κ1) is 36.7. The Bertz CT molecular complexity index is 1890. The highest BCUT2D eigenvalue weighted by Gasteiger charge is 2.27. The summed E-state index contributed by atoms with van der Waals surface area (Å²) in [4.78, 5) is 57.0. The zero-order valence-corrected chi connectivity index (χ0v) is 30.5. The molecule has 272 valence electrons. The summed E-state index contributed by atoms with van der Waals surface area (Å²) in [6.45, 7) is 4.46. The van der Waals surface area contributed by atoms with Crippen molar-refractivity contribution in [3.8, 4) is 0 Å². The summed E-state index contributed by atoms with van der Waals surface area (Å²) in [7, 11) is 3.12. The number of nitrogens with zero attached hydrogens (tertiary/aromatic N) is 2. The molecule has 0 atom stereocenters. The van der Waals surface area contributed by atoms with Crippen LogP contribution in [-0.2, 0) is 35.2 Å². The van der Waals surface area contributed by atoms with E-state index < -0.39 is 0 Å². The Hall–Kier alpha value is -5.04. The van der Waals surface area contributed by atoms with Gasteiger partial charge in [-0.1, -0.05) is 30.3 Å². The number of nitrogens with one attached hydrogen (secondary N) is 3. The molecule has 2 aliphatic rings. The Kier molecular flexibility index (Phi) is 12.3. The molecular formula is C40H45N5O6S. The topological polar surface area (TPSA) is 129 Å². The number of hydrogen-bond donors (Lipinski definition) is 3. The number of amides is 4. The lowest BCUT2D eigenvalue weighted by molar-refractivity contribution is 0.0359. The average Bonchev–Trinajstić information content (AvgIpc) is 3.55. The molecule has 4 amide bonds. The van der Waals surface area contributed by atoms with Crippen molar-refractivity contribution >= 4 is 51.5 Å². The van der Waals surface area contributed by atoms with Gasteiger partial charge in [-0.2, -0.15) is 0 Å². The zero-order valence-electron chi connectivity index (χ0n) is 29.7. The normalized spacial score (nSPS) is 14.2. The van der Waals surface area contributed by atoms with Crippen molar-refractivity contribution in [2.24, 2.45) is 0 Å². The number of ether oxygens (including phenoxy) is 2. The van der Waals surface area contributed by atoms with Crippen LogP contribution in [0.2, 0.25) is 0 Å². The van der Waals surface area contributed by atoms with E-state index in [0.717, 1.165) is 79.7 Å². The van der Waals surface area contributed by atoms with Gasteiger partial charge in [0.2, 0.25) is 0 Å². The van der Waals surface area contributed by atoms with Gasteiger partial charge in [0.25, 0.3) is 11.8 Å². The molecule has 12 heteroatoms. The summed E-state index contributed by atoms with van der Waals surface area (Å²) in [5.74, 6) is -0.962. The molecule has 1 fully saturated rings. The van der Waals surface area contributed by atoms with Crippen molar-refractivity contribution < 1.29 is 28.7 Å². The lowest BCUT2D eigenvalue weighted by Crippen LogP contribution is -2.42. The molecule has 0 saturated carbocycles. The standard InChI is InChI=1S/C40H45N5O6S/c1-44(20-21-45-22-24-51-25-23-45)40(49)42-32-7-5-6-30(26-32)36(46)43-38-35(33-8-3-4-9-34(33)52-38)37(47)41-31-18-14-28(15-19-31)11-10-27-12-16-29(17-13-27)39(48)50-2/h5-7,12-19,26H,3-4,8-11,20-25H2,1-2H3,(H,41,47)(H,42,49)(H,43,46). The molecule has 0 bridgehead atoms. The molecular weight excluding hydrogens is 679 g/mol. The second-order valence-electron chi connectivity index (χ2n) is 13.1. The number of methoxy groups -OCH3 is 1. The predicted octanol–water partition coefficient (Wildman–Crippen LogP) is 6.50. The van der Waals surface area contributed by atoms with Crippen molar-refractivity contribution in [2.45, 2.75) is 38.5 Å². The molecule has 4 aromatic rings. The van der Waals surface area contributed by atoms with Gasteiger partial charge in [0.15, 0.2) is 0 Å². The number of likely N-dealkylation sites (N-methyl/N-ethyl adjacent to an activating group) is 1. The first-order chi connectivity index (χ1) is 25.3. The van der Waals surface area contributed by atoms with E-state index in [1.807, 2.05) is 36.4 Å². The van der Waals surface area contributed by atoms with Gasteiger partial charge in [0, 0.05) is 55.0 Å². The second kappa shape index (κ2) is 17.5. The first-order valence-corrected chi connectivity index (χ1v) is 18.5. The number of esters is 1. The number of rotatable bonds is 12. The minimum absolute atomic E-state index is 0.254. The summed E-state index contributed by atoms with van der Waals surface area (Å²) >= 11 is 1.46. The Morgan fingerprint density at radius 1 is 0.808 bits per heavy atom. The second-order valence-corrected chi connectivity index (χ2v) is 14.2. The highest BCUT2D eigenvalue weighted by Crippen LogP contribution is 2.39. The summed E-state index contributed by atoms with van der Waals surface area (Å²) in [5.41, 5.74) is 5.83. The SMILES string of the molecule is COC(=O)c1ccc(CCc2ccc(NC(=O)c3c(NC(=O)c4cccc(NC(=O)N(C)CCN5CCOCC5)c4)sc4c3CCCC4)cc2)cc1. The van der Waals surface area contributed by atoms with Crippen LogP contribution < -0.4 is 16.0 Å². The number of carbonyl (C=O) groups is 4. The van der Waals surface area contributed by atoms with Crippen molar-refractivity contribution in [1.82, 2.24) is 9.80 Å². The zero-order chi connectivity index (χ0) is 36.5. The Morgan fingerprint density at radius 2 is 1.50 bits per heavy atom. The predicted molar refractivity (Wildman–Crippen MR) is 204 cm³/mol. The van der Waals surface area contributed by atoms with Crippen LogP contribution in [0.1, 0.15) is 65.5 Å². The van der Waals surface area contributed by atoms with E-state index in [9.17, 15) is 19.2 Å². The van der Waals surface area contributed by atoms with Crippen LogP contribution >= 0.6 is 11.3 Å². The third-order valence-electron chi connectivity index (χ3n) is 9.49. The van der Waals surface area contributed by atoms with Gasteiger partial charge >= 0.3 is 12.0 Å². The molecule has 2 heterocycles. The number of thiophene rings is 1. The van der Waals surface area contributed by atoms with Gasteiger partial charge in [-0.15, -0.1) is 11.3 Å². The molecule has 1 aromatic heterocycles. The van der Waals surface area contributed by atoms with Crippen molar-refractivity contribution in [3.63, 3.8) is 0 Å². The number of hydrogen-bond acceptors (Lipinski definition) is 8. The lowest BCUT2D eigenvalue weighted by atomic mass is 9.95. The van der Waals surface area contributed by atoms with Crippen LogP contribution in [0.3, 0.4) is 0 Å². The van der Waals surface area contributed by atoms with E-state index in [1.165, 1.54) is 18.4 Å². The fourth-order valence-corrected chi connectivity index (χ4v) is 7.69. The number of benzene rings is 3. The molecule has 0 radical (unpaired) electrons. The Morgan fingerprint density at radius 3 is 2.21 bits per heavy atom. The van der Waals surface area contributed by atoms with E-state index >= 15 is 0 Å². The van der Waals surface area contributed by atoms with E-state index in [2.05, 4.69) is 20.9 Å². The van der Waals surface area contributed by atoms with Crippen LogP contribution in [0.15, 0.2) is 72.8 Å². The van der Waals surface area contributed by atoms with Crippen LogP contribution in [-0.4, -0.2) is 87.2 Å². The number of carbonyl (C=O) groups excluding carboxylic acids is 4. The minimum Gasteiger partial charge on any atom is -0.465 e. The molecule has 1 aliphatic carbocycles. The third kappa shape index (κ3) is 9.44. The number of aryl methyl sites for hydroxylation is 3. The molecule has 6 rings (SSSR count). The van der Waals surface area contributed by atoms with Gasteiger partial charge in [-0.3, -0.25) is 14.5 Å². The maximum absolute atomic E-state index is 13.8. The summed E-state index contributed by atoms with van der Waals surface area (Å²) in [5, 5.41) is 9.50. The largest absolute Gasteiger partial charge is 0.465 e. The fourth-order valence-electron chi connectivity index (χ4n) is 6.41. The molecule has 1 saturated heterocycles. The molecule has 0 spiro atoms. The van der Waals surface area contributed by atoms with E-state index in [0.29, 0.717) is 52.8 Å². The van der Waals surface area contributed by atoms with Crippen LogP contribution in [0, 0.1) is 0 Å². The molecule has 3 N–H and O–H groups in total. The van der Waals surface area contributed by atoms with Gasteiger partial charge < -0.3 is 30.3 Å².